The van der Waals surface area contributed by atoms with Crippen LogP contribution in [-0.2, 0) is 4.79 Å². The van der Waals surface area contributed by atoms with Crippen LogP contribution < -0.4 is 10.6 Å². The third-order valence-electron chi connectivity index (χ3n) is 3.76. The molecule has 104 valence electrons. The first-order valence-corrected chi connectivity index (χ1v) is 7.28. The van der Waals surface area contributed by atoms with Gasteiger partial charge in [-0.05, 0) is 56.5 Å². The molecule has 1 aromatic rings. The van der Waals surface area contributed by atoms with Crippen molar-refractivity contribution >= 4 is 17.5 Å². The van der Waals surface area contributed by atoms with Gasteiger partial charge in [0.15, 0.2) is 0 Å². The highest BCUT2D eigenvalue weighted by Gasteiger charge is 2.17. The summed E-state index contributed by atoms with van der Waals surface area (Å²) in [6.07, 6.45) is 2.28. The van der Waals surface area contributed by atoms with Gasteiger partial charge in [0.05, 0.1) is 5.92 Å². The highest BCUT2D eigenvalue weighted by atomic mass is 35.5. The van der Waals surface area contributed by atoms with Crippen LogP contribution in [0.25, 0.3) is 0 Å². The van der Waals surface area contributed by atoms with Gasteiger partial charge in [0.1, 0.15) is 0 Å². The van der Waals surface area contributed by atoms with E-state index in [0.29, 0.717) is 10.9 Å². The van der Waals surface area contributed by atoms with Gasteiger partial charge >= 0.3 is 0 Å². The lowest BCUT2D eigenvalue weighted by molar-refractivity contribution is -0.122. The summed E-state index contributed by atoms with van der Waals surface area (Å²) in [5, 5.41) is 7.03. The summed E-state index contributed by atoms with van der Waals surface area (Å²) in [6, 6.07) is 7.50. The Morgan fingerprint density at radius 1 is 1.58 bits per heavy atom. The number of carbonyl (C=O) groups excluding carboxylic acids is 1. The molecule has 1 amide bonds. The van der Waals surface area contributed by atoms with Crippen LogP contribution in [0, 0.1) is 5.92 Å². The fourth-order valence-electron chi connectivity index (χ4n) is 2.44. The van der Waals surface area contributed by atoms with Gasteiger partial charge in [-0.3, -0.25) is 4.79 Å². The van der Waals surface area contributed by atoms with Crippen LogP contribution in [0.5, 0.6) is 0 Å². The number of hydrogen-bond donors (Lipinski definition) is 2. The third-order valence-corrected chi connectivity index (χ3v) is 3.99. The molecule has 1 aromatic carbocycles. The normalized spacial score (nSPS) is 20.2. The van der Waals surface area contributed by atoms with Crippen molar-refractivity contribution in [3.05, 3.63) is 34.9 Å². The van der Waals surface area contributed by atoms with Crippen molar-refractivity contribution in [1.82, 2.24) is 10.6 Å². The summed E-state index contributed by atoms with van der Waals surface area (Å²) in [6.45, 7) is 4.87. The Morgan fingerprint density at radius 2 is 2.42 bits per heavy atom. The van der Waals surface area contributed by atoms with E-state index in [9.17, 15) is 4.79 Å². The minimum Gasteiger partial charge on any atom is -0.356 e. The maximum absolute atomic E-state index is 12.1. The van der Waals surface area contributed by atoms with Crippen molar-refractivity contribution in [2.24, 2.45) is 5.92 Å². The number of hydrogen-bond acceptors (Lipinski definition) is 2. The number of benzene rings is 1. The molecule has 2 rings (SSSR count). The summed E-state index contributed by atoms with van der Waals surface area (Å²) in [4.78, 5) is 12.1. The number of nitrogens with one attached hydrogen (secondary N) is 2. The third kappa shape index (κ3) is 4.22. The van der Waals surface area contributed by atoms with Gasteiger partial charge in [-0.2, -0.15) is 0 Å². The van der Waals surface area contributed by atoms with Crippen molar-refractivity contribution in [2.45, 2.75) is 25.7 Å². The zero-order valence-electron chi connectivity index (χ0n) is 11.3. The molecule has 2 atom stereocenters. The van der Waals surface area contributed by atoms with E-state index in [4.69, 9.17) is 11.6 Å². The Kier molecular flexibility index (Phi) is 5.23. The summed E-state index contributed by atoms with van der Waals surface area (Å²) in [5.41, 5.74) is 0.965. The second kappa shape index (κ2) is 6.92. The van der Waals surface area contributed by atoms with E-state index in [1.165, 1.54) is 6.42 Å². The lowest BCUT2D eigenvalue weighted by atomic mass is 10.00. The Hall–Kier alpha value is -1.06. The minimum absolute atomic E-state index is 0.0771. The van der Waals surface area contributed by atoms with E-state index < -0.39 is 0 Å². The second-order valence-electron chi connectivity index (χ2n) is 5.22. The molecule has 0 aromatic heterocycles. The topological polar surface area (TPSA) is 41.1 Å². The molecule has 2 N–H and O–H groups in total. The predicted molar refractivity (Wildman–Crippen MR) is 78.5 cm³/mol. The average Bonchev–Trinajstić information content (AvgIpc) is 2.91. The highest BCUT2D eigenvalue weighted by molar-refractivity contribution is 6.30. The molecule has 1 fully saturated rings. The summed E-state index contributed by atoms with van der Waals surface area (Å²) in [7, 11) is 0. The van der Waals surface area contributed by atoms with Crippen molar-refractivity contribution in [3.63, 3.8) is 0 Å². The molecule has 0 bridgehead atoms. The quantitative estimate of drug-likeness (QED) is 0.870. The molecule has 19 heavy (non-hydrogen) atoms. The van der Waals surface area contributed by atoms with Crippen molar-refractivity contribution < 1.29 is 4.79 Å². The Balaban J connectivity index is 1.78. The van der Waals surface area contributed by atoms with E-state index in [1.807, 2.05) is 31.2 Å². The highest BCUT2D eigenvalue weighted by Crippen LogP contribution is 2.19. The monoisotopic (exact) mass is 280 g/mol. The molecule has 0 aliphatic carbocycles. The van der Waals surface area contributed by atoms with Gasteiger partial charge in [0, 0.05) is 11.6 Å². The number of amides is 1. The number of rotatable bonds is 5. The lowest BCUT2D eigenvalue weighted by Gasteiger charge is -2.14. The van der Waals surface area contributed by atoms with Gasteiger partial charge in [-0.1, -0.05) is 23.7 Å². The molecule has 0 spiro atoms. The summed E-state index contributed by atoms with van der Waals surface area (Å²) >= 11 is 5.95. The van der Waals surface area contributed by atoms with Crippen LogP contribution in [0.1, 0.15) is 31.2 Å². The largest absolute Gasteiger partial charge is 0.356 e. The Labute approximate surface area is 119 Å². The van der Waals surface area contributed by atoms with Gasteiger partial charge in [0.25, 0.3) is 0 Å². The smallest absolute Gasteiger partial charge is 0.227 e. The van der Waals surface area contributed by atoms with Crippen LogP contribution in [0.15, 0.2) is 24.3 Å². The zero-order chi connectivity index (χ0) is 13.7. The van der Waals surface area contributed by atoms with Gasteiger partial charge in [0.2, 0.25) is 5.91 Å². The molecule has 4 heteroatoms. The number of halogens is 1. The predicted octanol–water partition coefficient (Wildman–Crippen LogP) is 2.56. The van der Waals surface area contributed by atoms with Gasteiger partial charge in [-0.15, -0.1) is 0 Å². The van der Waals surface area contributed by atoms with E-state index in [-0.39, 0.29) is 11.8 Å². The number of carbonyl (C=O) groups is 1. The fraction of sp³-hybridized carbons (Fsp3) is 0.533. The average molecular weight is 281 g/mol. The van der Waals surface area contributed by atoms with E-state index in [1.54, 1.807) is 0 Å². The van der Waals surface area contributed by atoms with Crippen LogP contribution in [0.3, 0.4) is 0 Å². The maximum atomic E-state index is 12.1. The minimum atomic E-state index is -0.152. The van der Waals surface area contributed by atoms with Crippen molar-refractivity contribution in [2.75, 3.05) is 19.6 Å². The second-order valence-corrected chi connectivity index (χ2v) is 5.65. The standard InChI is InChI=1S/C15H21ClN2O/c1-11(13-3-2-4-14(16)9-13)15(19)18-8-6-12-5-7-17-10-12/h2-4,9,11-12,17H,5-8,10H2,1H3,(H,18,19). The molecule has 0 saturated carbocycles. The zero-order valence-corrected chi connectivity index (χ0v) is 12.0. The van der Waals surface area contributed by atoms with Crippen molar-refractivity contribution in [1.29, 1.82) is 0 Å². The van der Waals surface area contributed by atoms with Crippen LogP contribution in [0.4, 0.5) is 0 Å². The van der Waals surface area contributed by atoms with Crippen LogP contribution in [0.2, 0.25) is 5.02 Å². The molecule has 1 heterocycles. The van der Waals surface area contributed by atoms with Crippen molar-refractivity contribution in [3.8, 4) is 0 Å². The molecule has 0 radical (unpaired) electrons. The first-order valence-electron chi connectivity index (χ1n) is 6.90. The fourth-order valence-corrected chi connectivity index (χ4v) is 2.64. The molecule has 1 saturated heterocycles. The Bertz CT molecular complexity index is 430. The van der Waals surface area contributed by atoms with Gasteiger partial charge < -0.3 is 10.6 Å². The summed E-state index contributed by atoms with van der Waals surface area (Å²) in [5.74, 6) is 0.635. The van der Waals surface area contributed by atoms with Crippen LogP contribution >= 0.6 is 11.6 Å². The van der Waals surface area contributed by atoms with E-state index in [2.05, 4.69) is 10.6 Å². The molecule has 3 nitrogen and oxygen atoms in total. The van der Waals surface area contributed by atoms with Crippen LogP contribution in [-0.4, -0.2) is 25.5 Å². The maximum Gasteiger partial charge on any atom is 0.227 e. The molecule has 2 unspecified atom stereocenters. The van der Waals surface area contributed by atoms with Gasteiger partial charge in [-0.25, -0.2) is 0 Å². The van der Waals surface area contributed by atoms with E-state index in [0.717, 1.165) is 31.6 Å². The first-order chi connectivity index (χ1) is 9.16. The van der Waals surface area contributed by atoms with E-state index >= 15 is 0 Å². The first kappa shape index (κ1) is 14.4. The molecule has 1 aliphatic heterocycles. The Morgan fingerprint density at radius 3 is 3.11 bits per heavy atom. The lowest BCUT2D eigenvalue weighted by Crippen LogP contribution is -2.30. The SMILES string of the molecule is CC(C(=O)NCCC1CCNC1)c1cccc(Cl)c1. The molecular formula is C15H21ClN2O. The molecule has 1 aliphatic rings. The molecular weight excluding hydrogens is 260 g/mol. The summed E-state index contributed by atoms with van der Waals surface area (Å²) < 4.78 is 0.